The van der Waals surface area contributed by atoms with Crippen molar-refractivity contribution in [2.75, 3.05) is 19.6 Å². The molecule has 0 aliphatic carbocycles. The molecule has 0 radical (unpaired) electrons. The molecule has 9 N–H and O–H groups in total. The SMILES string of the molecule is CC(=O)O.NCC(=O)C(C(N)=O)N(C(=O)CN)C(=O)CN. The first-order valence-corrected chi connectivity index (χ1v) is 5.60. The topological polar surface area (TPSA) is 213 Å². The van der Waals surface area contributed by atoms with Gasteiger partial charge in [0.15, 0.2) is 11.8 Å². The number of carbonyl (C=O) groups excluding carboxylic acids is 4. The summed E-state index contributed by atoms with van der Waals surface area (Å²) in [5.41, 5.74) is 20.2. The van der Waals surface area contributed by atoms with E-state index in [2.05, 4.69) is 0 Å². The predicted molar refractivity (Wildman–Crippen MR) is 70.3 cm³/mol. The van der Waals surface area contributed by atoms with Gasteiger partial charge in [0.05, 0.1) is 19.6 Å². The van der Waals surface area contributed by atoms with Crippen LogP contribution in [0.15, 0.2) is 0 Å². The second kappa shape index (κ2) is 10.4. The number of carboxylic acids is 1. The summed E-state index contributed by atoms with van der Waals surface area (Å²) in [6.45, 7) is -0.583. The van der Waals surface area contributed by atoms with E-state index < -0.39 is 55.2 Å². The van der Waals surface area contributed by atoms with Gasteiger partial charge in [-0.15, -0.1) is 0 Å². The average Bonchev–Trinajstić information content (AvgIpc) is 2.41. The molecule has 0 saturated heterocycles. The summed E-state index contributed by atoms with van der Waals surface area (Å²) >= 11 is 0. The Morgan fingerprint density at radius 2 is 1.29 bits per heavy atom. The molecule has 120 valence electrons. The zero-order chi connectivity index (χ0) is 17.2. The molecule has 1 atom stereocenters. The van der Waals surface area contributed by atoms with E-state index >= 15 is 0 Å². The van der Waals surface area contributed by atoms with Gasteiger partial charge in [-0.3, -0.25) is 28.9 Å². The number of carbonyl (C=O) groups is 5. The van der Waals surface area contributed by atoms with Crippen LogP contribution in [0.25, 0.3) is 0 Å². The monoisotopic (exact) mass is 305 g/mol. The zero-order valence-electron chi connectivity index (χ0n) is 11.4. The number of aliphatic carboxylic acids is 1. The van der Waals surface area contributed by atoms with Crippen molar-refractivity contribution in [3.05, 3.63) is 0 Å². The van der Waals surface area contributed by atoms with Crippen molar-refractivity contribution in [1.82, 2.24) is 4.90 Å². The molecule has 0 aromatic heterocycles. The second-order valence-corrected chi connectivity index (χ2v) is 3.56. The summed E-state index contributed by atoms with van der Waals surface area (Å²) < 4.78 is 0. The number of hydrogen-bond donors (Lipinski definition) is 5. The molecule has 0 aromatic rings. The Kier molecular flexibility index (Phi) is 10.4. The lowest BCUT2D eigenvalue weighted by Gasteiger charge is -2.25. The summed E-state index contributed by atoms with van der Waals surface area (Å²) in [6, 6.07) is -1.76. The molecule has 0 heterocycles. The van der Waals surface area contributed by atoms with Crippen LogP contribution >= 0.6 is 0 Å². The van der Waals surface area contributed by atoms with Gasteiger partial charge in [0.25, 0.3) is 5.97 Å². The maximum Gasteiger partial charge on any atom is 0.300 e. The van der Waals surface area contributed by atoms with Crippen LogP contribution in [-0.2, 0) is 24.0 Å². The van der Waals surface area contributed by atoms with E-state index in [-0.39, 0.29) is 0 Å². The smallest absolute Gasteiger partial charge is 0.300 e. The second-order valence-electron chi connectivity index (χ2n) is 3.56. The largest absolute Gasteiger partial charge is 0.481 e. The van der Waals surface area contributed by atoms with Crippen molar-refractivity contribution in [2.24, 2.45) is 22.9 Å². The average molecular weight is 305 g/mol. The summed E-state index contributed by atoms with van der Waals surface area (Å²) in [4.78, 5) is 54.6. The maximum atomic E-state index is 11.4. The molecule has 0 bridgehead atoms. The summed E-state index contributed by atoms with van der Waals surface area (Å²) in [5.74, 6) is -4.71. The molecule has 11 heteroatoms. The quantitative estimate of drug-likeness (QED) is 0.300. The Morgan fingerprint density at radius 1 is 0.952 bits per heavy atom. The number of imide groups is 1. The number of hydrogen-bond acceptors (Lipinski definition) is 8. The van der Waals surface area contributed by atoms with Gasteiger partial charge in [-0.05, 0) is 0 Å². The van der Waals surface area contributed by atoms with Crippen LogP contribution in [-0.4, -0.2) is 65.2 Å². The van der Waals surface area contributed by atoms with Crippen molar-refractivity contribution < 1.29 is 29.1 Å². The molecule has 0 saturated carbocycles. The van der Waals surface area contributed by atoms with E-state index in [0.717, 1.165) is 6.92 Å². The molecule has 3 amide bonds. The van der Waals surface area contributed by atoms with Crippen molar-refractivity contribution >= 4 is 29.5 Å². The fraction of sp³-hybridized carbons (Fsp3) is 0.500. The van der Waals surface area contributed by atoms with Gasteiger partial charge in [-0.2, -0.15) is 0 Å². The van der Waals surface area contributed by atoms with Gasteiger partial charge in [0.1, 0.15) is 0 Å². The Morgan fingerprint density at radius 3 is 1.48 bits per heavy atom. The number of nitrogens with zero attached hydrogens (tertiary/aromatic N) is 1. The number of carboxylic acid groups (broad SMARTS) is 1. The number of ketones is 1. The summed E-state index contributed by atoms with van der Waals surface area (Å²) in [5, 5.41) is 7.42. The molecule has 1 unspecified atom stereocenters. The molecule has 21 heavy (non-hydrogen) atoms. The zero-order valence-corrected chi connectivity index (χ0v) is 11.4. The van der Waals surface area contributed by atoms with Gasteiger partial charge in [-0.25, -0.2) is 0 Å². The molecule has 0 spiro atoms. The Balaban J connectivity index is 0. The van der Waals surface area contributed by atoms with Gasteiger partial charge in [-0.1, -0.05) is 0 Å². The third kappa shape index (κ3) is 7.71. The molecular weight excluding hydrogens is 286 g/mol. The van der Waals surface area contributed by atoms with E-state index in [1.165, 1.54) is 0 Å². The summed E-state index contributed by atoms with van der Waals surface area (Å²) in [7, 11) is 0. The van der Waals surface area contributed by atoms with Crippen LogP contribution in [0, 0.1) is 0 Å². The molecule has 0 aromatic carbocycles. The molecule has 0 aliphatic rings. The van der Waals surface area contributed by atoms with Crippen molar-refractivity contribution in [2.45, 2.75) is 13.0 Å². The van der Waals surface area contributed by atoms with Gasteiger partial charge >= 0.3 is 0 Å². The minimum absolute atomic E-state index is 0.359. The fourth-order valence-electron chi connectivity index (χ4n) is 1.17. The van der Waals surface area contributed by atoms with E-state index in [0.29, 0.717) is 4.90 Å². The van der Waals surface area contributed by atoms with Crippen molar-refractivity contribution in [3.63, 3.8) is 0 Å². The Labute approximate surface area is 120 Å². The number of nitrogens with two attached hydrogens (primary N) is 4. The van der Waals surface area contributed by atoms with E-state index in [1.807, 2.05) is 0 Å². The first kappa shape index (κ1) is 20.9. The third-order valence-corrected chi connectivity index (χ3v) is 1.92. The molecule has 0 rings (SSSR count). The summed E-state index contributed by atoms with van der Waals surface area (Å²) in [6.07, 6.45) is 0. The lowest BCUT2D eigenvalue weighted by atomic mass is 10.1. The number of rotatable bonds is 6. The maximum absolute atomic E-state index is 11.4. The predicted octanol–water partition coefficient (Wildman–Crippen LogP) is -4.27. The molecule has 0 fully saturated rings. The van der Waals surface area contributed by atoms with Crippen LogP contribution in [0.5, 0.6) is 0 Å². The number of Topliss-reactive ketones (excluding diaryl/α,β-unsaturated/α-hetero) is 1. The normalized spacial score (nSPS) is 10.7. The van der Waals surface area contributed by atoms with Gasteiger partial charge in [0, 0.05) is 6.92 Å². The molecular formula is C10H19N5O6. The Hall–Kier alpha value is -2.37. The first-order chi connectivity index (χ1) is 9.63. The first-order valence-electron chi connectivity index (χ1n) is 5.60. The lowest BCUT2D eigenvalue weighted by Crippen LogP contribution is -2.58. The fourth-order valence-corrected chi connectivity index (χ4v) is 1.17. The van der Waals surface area contributed by atoms with E-state index in [4.69, 9.17) is 32.8 Å². The molecule has 0 aliphatic heterocycles. The van der Waals surface area contributed by atoms with E-state index in [1.54, 1.807) is 0 Å². The van der Waals surface area contributed by atoms with Crippen LogP contribution < -0.4 is 22.9 Å². The lowest BCUT2D eigenvalue weighted by molar-refractivity contribution is -0.153. The Bertz CT molecular complexity index is 404. The number of amides is 3. The van der Waals surface area contributed by atoms with Crippen molar-refractivity contribution in [1.29, 1.82) is 0 Å². The minimum Gasteiger partial charge on any atom is -0.481 e. The highest BCUT2D eigenvalue weighted by Crippen LogP contribution is 2.02. The third-order valence-electron chi connectivity index (χ3n) is 1.92. The van der Waals surface area contributed by atoms with Gasteiger partial charge < -0.3 is 28.0 Å². The van der Waals surface area contributed by atoms with Crippen LogP contribution in [0.4, 0.5) is 0 Å². The molecule has 11 nitrogen and oxygen atoms in total. The van der Waals surface area contributed by atoms with Crippen LogP contribution in [0.1, 0.15) is 6.92 Å². The number of primary amides is 1. The van der Waals surface area contributed by atoms with Crippen LogP contribution in [0.3, 0.4) is 0 Å². The van der Waals surface area contributed by atoms with Gasteiger partial charge in [0.2, 0.25) is 17.7 Å². The minimum atomic E-state index is -1.76. The van der Waals surface area contributed by atoms with E-state index in [9.17, 15) is 19.2 Å². The highest BCUT2D eigenvalue weighted by molar-refractivity contribution is 6.13. The highest BCUT2D eigenvalue weighted by atomic mass is 16.4. The standard InChI is InChI=1S/C8H15N5O4.C2H4O2/c9-1-4(14)7(8(12)17)13(5(15)2-10)6(16)3-11;1-2(3)4/h7H,1-3,9-11H2,(H2,12,17);1H3,(H,3,4). The van der Waals surface area contributed by atoms with Crippen LogP contribution in [0.2, 0.25) is 0 Å². The van der Waals surface area contributed by atoms with Crippen molar-refractivity contribution in [3.8, 4) is 0 Å². The highest BCUT2D eigenvalue weighted by Gasteiger charge is 2.36.